The van der Waals surface area contributed by atoms with Gasteiger partial charge in [0.15, 0.2) is 0 Å². The zero-order chi connectivity index (χ0) is 15.5. The second-order valence-corrected chi connectivity index (χ2v) is 7.48. The minimum Gasteiger partial charge on any atom is -0.550 e. The molecule has 1 atom stereocenters. The van der Waals surface area contributed by atoms with E-state index in [-0.39, 0.29) is 4.21 Å². The number of aliphatic carboxylic acids is 1. The fraction of sp³-hybridized carbons (Fsp3) is 0.214. The summed E-state index contributed by atoms with van der Waals surface area (Å²) in [5, 5.41) is 12.5. The highest BCUT2D eigenvalue weighted by atomic mass is 32.2. The highest BCUT2D eigenvalue weighted by Crippen LogP contribution is 2.22. The third-order valence-electron chi connectivity index (χ3n) is 2.91. The van der Waals surface area contributed by atoms with Crippen LogP contribution >= 0.6 is 11.3 Å². The molecule has 112 valence electrons. The van der Waals surface area contributed by atoms with Crippen molar-refractivity contribution in [2.24, 2.45) is 0 Å². The molecule has 0 saturated carbocycles. The maximum absolute atomic E-state index is 12.2. The first-order chi connectivity index (χ1) is 9.88. The largest absolute Gasteiger partial charge is 0.550 e. The number of carboxylic acids is 1. The molecule has 0 amide bonds. The Morgan fingerprint density at radius 1 is 1.29 bits per heavy atom. The van der Waals surface area contributed by atoms with Crippen LogP contribution in [0.2, 0.25) is 0 Å². The van der Waals surface area contributed by atoms with Gasteiger partial charge in [0.2, 0.25) is 0 Å². The second-order valence-electron chi connectivity index (χ2n) is 4.59. The Labute approximate surface area is 127 Å². The Kier molecular flexibility index (Phi) is 4.76. The molecule has 2 rings (SSSR count). The van der Waals surface area contributed by atoms with Crippen LogP contribution in [0.3, 0.4) is 0 Å². The van der Waals surface area contributed by atoms with E-state index in [1.165, 1.54) is 6.07 Å². The number of hydrogen-bond donors (Lipinski definition) is 1. The third-order valence-corrected chi connectivity index (χ3v) is 5.78. The molecule has 7 heteroatoms. The molecular weight excluding hydrogens is 310 g/mol. The number of carbonyl (C=O) groups excluding carboxylic acids is 1. The van der Waals surface area contributed by atoms with Crippen LogP contribution in [0.1, 0.15) is 23.6 Å². The summed E-state index contributed by atoms with van der Waals surface area (Å²) in [6.07, 6.45) is -0.423. The van der Waals surface area contributed by atoms with Gasteiger partial charge in [-0.2, -0.15) is 0 Å². The number of hydrogen-bond acceptors (Lipinski definition) is 5. The van der Waals surface area contributed by atoms with Crippen molar-refractivity contribution < 1.29 is 18.3 Å². The molecule has 0 aliphatic rings. The van der Waals surface area contributed by atoms with E-state index in [1.54, 1.807) is 35.7 Å². The molecule has 0 aliphatic carbocycles. The van der Waals surface area contributed by atoms with Crippen molar-refractivity contribution in [3.63, 3.8) is 0 Å². The standard InChI is InChI=1S/C14H15NO4S2/c1-10-4-6-11(7-5-10)12(9-13(16)17)15-21(18,19)14-3-2-8-20-14/h2-8,12,15H,9H2,1H3,(H,16,17)/p-1/t12-/m1/s1. The summed E-state index contributed by atoms with van der Waals surface area (Å²) in [5.74, 6) is -1.31. The van der Waals surface area contributed by atoms with Crippen molar-refractivity contribution in [2.45, 2.75) is 23.6 Å². The van der Waals surface area contributed by atoms with Crippen LogP contribution in [0.25, 0.3) is 0 Å². The lowest BCUT2D eigenvalue weighted by Gasteiger charge is -2.19. The van der Waals surface area contributed by atoms with E-state index >= 15 is 0 Å². The van der Waals surface area contributed by atoms with Gasteiger partial charge in [0, 0.05) is 12.4 Å². The molecule has 2 aromatic rings. The van der Waals surface area contributed by atoms with E-state index in [0.29, 0.717) is 5.56 Å². The third kappa shape index (κ3) is 4.13. The zero-order valence-electron chi connectivity index (χ0n) is 11.3. The van der Waals surface area contributed by atoms with Crippen molar-refractivity contribution in [1.29, 1.82) is 0 Å². The summed E-state index contributed by atoms with van der Waals surface area (Å²) in [7, 11) is -3.74. The van der Waals surface area contributed by atoms with Crippen LogP contribution in [0, 0.1) is 6.92 Å². The van der Waals surface area contributed by atoms with Crippen LogP contribution in [0.15, 0.2) is 46.0 Å². The van der Waals surface area contributed by atoms with Crippen LogP contribution < -0.4 is 9.83 Å². The number of carboxylic acid groups (broad SMARTS) is 1. The second kappa shape index (κ2) is 6.38. The average molecular weight is 324 g/mol. The quantitative estimate of drug-likeness (QED) is 0.865. The predicted octanol–water partition coefficient (Wildman–Crippen LogP) is 1.22. The Balaban J connectivity index is 2.29. The van der Waals surface area contributed by atoms with E-state index < -0.39 is 28.5 Å². The van der Waals surface area contributed by atoms with E-state index in [2.05, 4.69) is 4.72 Å². The van der Waals surface area contributed by atoms with Crippen molar-refractivity contribution in [3.8, 4) is 0 Å². The van der Waals surface area contributed by atoms with Crippen molar-refractivity contribution in [3.05, 3.63) is 52.9 Å². The summed E-state index contributed by atoms with van der Waals surface area (Å²) in [6, 6.07) is 9.26. The number of thiophene rings is 1. The van der Waals surface area contributed by atoms with Crippen molar-refractivity contribution >= 4 is 27.3 Å². The topological polar surface area (TPSA) is 86.3 Å². The zero-order valence-corrected chi connectivity index (χ0v) is 12.9. The molecule has 1 aromatic heterocycles. The molecule has 0 bridgehead atoms. The van der Waals surface area contributed by atoms with Gasteiger partial charge in [-0.25, -0.2) is 13.1 Å². The molecule has 1 aromatic carbocycles. The number of benzene rings is 1. The minimum absolute atomic E-state index is 0.151. The highest BCUT2D eigenvalue weighted by Gasteiger charge is 2.22. The van der Waals surface area contributed by atoms with E-state index in [0.717, 1.165) is 16.9 Å². The summed E-state index contributed by atoms with van der Waals surface area (Å²) in [4.78, 5) is 10.9. The lowest BCUT2D eigenvalue weighted by atomic mass is 10.0. The van der Waals surface area contributed by atoms with Crippen LogP contribution in [0.4, 0.5) is 0 Å². The van der Waals surface area contributed by atoms with Gasteiger partial charge in [0.1, 0.15) is 4.21 Å². The smallest absolute Gasteiger partial charge is 0.250 e. The SMILES string of the molecule is Cc1ccc([C@@H](CC(=O)[O-])NS(=O)(=O)c2cccs2)cc1. The van der Waals surface area contributed by atoms with E-state index in [4.69, 9.17) is 0 Å². The molecule has 5 nitrogen and oxygen atoms in total. The normalized spacial score (nSPS) is 13.0. The van der Waals surface area contributed by atoms with Gasteiger partial charge in [-0.1, -0.05) is 35.9 Å². The highest BCUT2D eigenvalue weighted by molar-refractivity contribution is 7.91. The first-order valence-electron chi connectivity index (χ1n) is 6.21. The van der Waals surface area contributed by atoms with E-state index in [9.17, 15) is 18.3 Å². The lowest BCUT2D eigenvalue weighted by molar-refractivity contribution is -0.306. The molecular formula is C14H14NO4S2-. The Morgan fingerprint density at radius 3 is 2.48 bits per heavy atom. The maximum Gasteiger partial charge on any atom is 0.250 e. The van der Waals surface area contributed by atoms with E-state index in [1.807, 2.05) is 6.92 Å². The van der Waals surface area contributed by atoms with Crippen LogP contribution in [-0.4, -0.2) is 14.4 Å². The summed E-state index contributed by atoms with van der Waals surface area (Å²) in [5.41, 5.74) is 1.59. The number of rotatable bonds is 6. The van der Waals surface area contributed by atoms with Gasteiger partial charge in [0.25, 0.3) is 10.0 Å². The van der Waals surface area contributed by atoms with Gasteiger partial charge in [-0.15, -0.1) is 11.3 Å². The summed E-state index contributed by atoms with van der Waals surface area (Å²) in [6.45, 7) is 1.90. The van der Waals surface area contributed by atoms with Gasteiger partial charge >= 0.3 is 0 Å². The van der Waals surface area contributed by atoms with Crippen molar-refractivity contribution in [1.82, 2.24) is 4.72 Å². The van der Waals surface area contributed by atoms with Gasteiger partial charge in [-0.3, -0.25) is 0 Å². The first-order valence-corrected chi connectivity index (χ1v) is 8.57. The van der Waals surface area contributed by atoms with Gasteiger partial charge in [0.05, 0.1) is 6.04 Å². The fourth-order valence-electron chi connectivity index (χ4n) is 1.85. The van der Waals surface area contributed by atoms with Crippen LogP contribution in [0.5, 0.6) is 0 Å². The molecule has 1 heterocycles. The number of nitrogens with one attached hydrogen (secondary N) is 1. The summed E-state index contributed by atoms with van der Waals surface area (Å²) < 4.78 is 27.0. The predicted molar refractivity (Wildman–Crippen MR) is 78.2 cm³/mol. The Bertz CT molecular complexity index is 706. The maximum atomic E-state index is 12.2. The van der Waals surface area contributed by atoms with Crippen molar-refractivity contribution in [2.75, 3.05) is 0 Å². The van der Waals surface area contributed by atoms with Gasteiger partial charge in [-0.05, 0) is 23.9 Å². The molecule has 0 fully saturated rings. The Morgan fingerprint density at radius 2 is 1.95 bits per heavy atom. The molecule has 0 aliphatic heterocycles. The molecule has 0 spiro atoms. The fourth-order valence-corrected chi connectivity index (χ4v) is 4.09. The first kappa shape index (κ1) is 15.7. The molecule has 1 N–H and O–H groups in total. The molecule has 0 saturated heterocycles. The summed E-state index contributed by atoms with van der Waals surface area (Å²) >= 11 is 1.07. The van der Waals surface area contributed by atoms with Gasteiger partial charge < -0.3 is 9.90 Å². The number of sulfonamides is 1. The molecule has 0 radical (unpaired) electrons. The van der Waals surface area contributed by atoms with Crippen LogP contribution in [-0.2, 0) is 14.8 Å². The number of aryl methyl sites for hydroxylation is 1. The minimum atomic E-state index is -3.74. The molecule has 21 heavy (non-hydrogen) atoms. The lowest BCUT2D eigenvalue weighted by Crippen LogP contribution is -2.34. The Hall–Kier alpha value is -1.70. The average Bonchev–Trinajstić information content (AvgIpc) is 2.92. The monoisotopic (exact) mass is 324 g/mol. The molecule has 0 unspecified atom stereocenters. The number of carbonyl (C=O) groups is 1.